The molecule has 0 saturated carbocycles. The highest BCUT2D eigenvalue weighted by molar-refractivity contribution is 7.07. The van der Waals surface area contributed by atoms with Crippen molar-refractivity contribution in [3.8, 4) is 5.75 Å². The van der Waals surface area contributed by atoms with Crippen LogP contribution in [0.4, 0.5) is 0 Å². The Hall–Kier alpha value is -3.00. The van der Waals surface area contributed by atoms with Crippen LogP contribution in [0.3, 0.4) is 0 Å². The Labute approximate surface area is 170 Å². The van der Waals surface area contributed by atoms with E-state index in [1.165, 1.54) is 18.3 Å². The van der Waals surface area contributed by atoms with Crippen LogP contribution in [0.15, 0.2) is 40.2 Å². The standard InChI is InChI=1S/C21H20N4O3S/c1-11-13(10-24(4)23-11)9-16-19(27)25-18-14-7-5-6-8-15(14)28-21(3,17(18)12(2)26)22-20(25)29-16/h5-10,17-18H,1-4H3. The maximum atomic E-state index is 13.4. The number of para-hydroxylation sites is 1. The zero-order valence-corrected chi connectivity index (χ0v) is 17.4. The van der Waals surface area contributed by atoms with Crippen LogP contribution in [-0.4, -0.2) is 25.9 Å². The van der Waals surface area contributed by atoms with Gasteiger partial charge in [-0.1, -0.05) is 29.5 Å². The lowest BCUT2D eigenvalue weighted by molar-refractivity contribution is -0.132. The largest absolute Gasteiger partial charge is 0.465 e. The molecule has 0 N–H and O–H groups in total. The molecule has 2 aliphatic heterocycles. The molecule has 0 radical (unpaired) electrons. The number of Topliss-reactive ketones (excluding diaryl/α,β-unsaturated/α-hetero) is 1. The number of nitrogens with zero attached hydrogens (tertiary/aromatic N) is 4. The summed E-state index contributed by atoms with van der Waals surface area (Å²) < 4.78 is 10.1. The molecule has 0 aliphatic carbocycles. The van der Waals surface area contributed by atoms with Gasteiger partial charge in [-0.05, 0) is 32.9 Å². The Morgan fingerprint density at radius 2 is 2.10 bits per heavy atom. The van der Waals surface area contributed by atoms with Crippen LogP contribution < -0.4 is 19.6 Å². The molecule has 2 bridgehead atoms. The van der Waals surface area contributed by atoms with Gasteiger partial charge in [-0.25, -0.2) is 4.99 Å². The van der Waals surface area contributed by atoms with Crippen LogP contribution in [0.2, 0.25) is 0 Å². The number of hydrogen-bond acceptors (Lipinski definition) is 6. The number of fused-ring (bicyclic) bond motifs is 6. The summed E-state index contributed by atoms with van der Waals surface area (Å²) in [6.45, 7) is 5.27. The topological polar surface area (TPSA) is 78.5 Å². The van der Waals surface area contributed by atoms with Gasteiger partial charge in [0.1, 0.15) is 17.5 Å². The number of hydrogen-bond donors (Lipinski definition) is 0. The predicted molar refractivity (Wildman–Crippen MR) is 109 cm³/mol. The van der Waals surface area contributed by atoms with Crippen molar-refractivity contribution in [1.29, 1.82) is 0 Å². The number of ether oxygens (including phenoxy) is 1. The van der Waals surface area contributed by atoms with Gasteiger partial charge in [-0.3, -0.25) is 18.8 Å². The van der Waals surface area contributed by atoms with Crippen LogP contribution in [0.5, 0.6) is 5.75 Å². The normalized spacial score (nSPS) is 25.0. The first-order chi connectivity index (χ1) is 13.8. The van der Waals surface area contributed by atoms with Crippen LogP contribution in [-0.2, 0) is 11.8 Å². The van der Waals surface area contributed by atoms with E-state index in [1.807, 2.05) is 57.4 Å². The molecule has 3 atom stereocenters. The second-order valence-corrected chi connectivity index (χ2v) is 8.76. The van der Waals surface area contributed by atoms with E-state index in [2.05, 4.69) is 5.10 Å². The second kappa shape index (κ2) is 6.00. The van der Waals surface area contributed by atoms with Crippen molar-refractivity contribution >= 4 is 23.2 Å². The molecule has 1 aromatic carbocycles. The van der Waals surface area contributed by atoms with Crippen molar-refractivity contribution in [3.05, 3.63) is 67.0 Å². The van der Waals surface area contributed by atoms with Gasteiger partial charge in [-0.15, -0.1) is 0 Å². The SMILES string of the molecule is CC(=O)C1C2c3ccccc3OC1(C)N=c1sc(=Cc3cn(C)nc3C)c(=O)n12. The molecular formula is C21H20N4O3S. The summed E-state index contributed by atoms with van der Waals surface area (Å²) in [7, 11) is 1.85. The third-order valence-electron chi connectivity index (χ3n) is 5.66. The lowest BCUT2D eigenvalue weighted by Crippen LogP contribution is -2.58. The van der Waals surface area contributed by atoms with E-state index in [-0.39, 0.29) is 11.3 Å². The number of ketones is 1. The molecule has 4 heterocycles. The number of aryl methyl sites for hydroxylation is 2. The Morgan fingerprint density at radius 3 is 2.79 bits per heavy atom. The molecule has 148 valence electrons. The molecule has 7 nitrogen and oxygen atoms in total. The number of aromatic nitrogens is 3. The smallest absolute Gasteiger partial charge is 0.270 e. The average Bonchev–Trinajstić information content (AvgIpc) is 3.11. The molecule has 0 spiro atoms. The first-order valence-corrected chi connectivity index (χ1v) is 10.2. The van der Waals surface area contributed by atoms with Crippen LogP contribution in [0.1, 0.15) is 36.7 Å². The van der Waals surface area contributed by atoms with Crippen molar-refractivity contribution < 1.29 is 9.53 Å². The fourth-order valence-electron chi connectivity index (χ4n) is 4.46. The number of carbonyl (C=O) groups is 1. The zero-order valence-electron chi connectivity index (χ0n) is 16.5. The minimum Gasteiger partial charge on any atom is -0.465 e. The van der Waals surface area contributed by atoms with Crippen LogP contribution in [0.25, 0.3) is 6.08 Å². The molecule has 29 heavy (non-hydrogen) atoms. The number of rotatable bonds is 2. The average molecular weight is 408 g/mol. The number of carbonyl (C=O) groups excluding carboxylic acids is 1. The van der Waals surface area contributed by atoms with E-state index in [1.54, 1.807) is 9.25 Å². The molecule has 8 heteroatoms. The highest BCUT2D eigenvalue weighted by Crippen LogP contribution is 2.47. The molecule has 5 rings (SSSR count). The summed E-state index contributed by atoms with van der Waals surface area (Å²) in [5, 5.41) is 4.34. The van der Waals surface area contributed by atoms with Gasteiger partial charge in [0.05, 0.1) is 16.3 Å². The Bertz CT molecular complexity index is 1350. The van der Waals surface area contributed by atoms with E-state index < -0.39 is 17.7 Å². The highest BCUT2D eigenvalue weighted by atomic mass is 32.1. The van der Waals surface area contributed by atoms with Crippen molar-refractivity contribution in [3.63, 3.8) is 0 Å². The molecule has 0 saturated heterocycles. The molecule has 3 aromatic rings. The predicted octanol–water partition coefficient (Wildman–Crippen LogP) is 1.32. The Kier molecular flexibility index (Phi) is 3.73. The summed E-state index contributed by atoms with van der Waals surface area (Å²) in [4.78, 5) is 31.4. The van der Waals surface area contributed by atoms with E-state index in [4.69, 9.17) is 9.73 Å². The van der Waals surface area contributed by atoms with Gasteiger partial charge in [-0.2, -0.15) is 5.10 Å². The maximum absolute atomic E-state index is 13.4. The fourth-order valence-corrected chi connectivity index (χ4v) is 5.55. The molecule has 2 aliphatic rings. The van der Waals surface area contributed by atoms with Gasteiger partial charge in [0.15, 0.2) is 4.80 Å². The van der Waals surface area contributed by atoms with E-state index in [0.29, 0.717) is 15.1 Å². The minimum absolute atomic E-state index is 0.0480. The quantitative estimate of drug-likeness (QED) is 0.641. The van der Waals surface area contributed by atoms with Gasteiger partial charge >= 0.3 is 0 Å². The molecule has 2 aromatic heterocycles. The maximum Gasteiger partial charge on any atom is 0.270 e. The molecule has 3 unspecified atom stereocenters. The van der Waals surface area contributed by atoms with Gasteiger partial charge in [0, 0.05) is 24.4 Å². The Morgan fingerprint density at radius 1 is 1.34 bits per heavy atom. The summed E-state index contributed by atoms with van der Waals surface area (Å²) in [6, 6.07) is 7.13. The first kappa shape index (κ1) is 18.1. The Balaban J connectivity index is 1.82. The lowest BCUT2D eigenvalue weighted by atomic mass is 9.79. The van der Waals surface area contributed by atoms with Gasteiger partial charge < -0.3 is 4.74 Å². The molecular weight excluding hydrogens is 388 g/mol. The summed E-state index contributed by atoms with van der Waals surface area (Å²) in [5.74, 6) is 0.0527. The fraction of sp³-hybridized carbons (Fsp3) is 0.333. The minimum atomic E-state index is -1.04. The summed E-state index contributed by atoms with van der Waals surface area (Å²) in [6.07, 6.45) is 3.73. The van der Waals surface area contributed by atoms with Gasteiger partial charge in [0.25, 0.3) is 5.56 Å². The summed E-state index contributed by atoms with van der Waals surface area (Å²) in [5.41, 5.74) is 1.39. The third-order valence-corrected chi connectivity index (χ3v) is 6.64. The third kappa shape index (κ3) is 2.55. The van der Waals surface area contributed by atoms with E-state index in [0.717, 1.165) is 16.8 Å². The van der Waals surface area contributed by atoms with Crippen molar-refractivity contribution in [2.75, 3.05) is 0 Å². The number of benzene rings is 1. The summed E-state index contributed by atoms with van der Waals surface area (Å²) >= 11 is 1.32. The first-order valence-electron chi connectivity index (χ1n) is 9.40. The lowest BCUT2D eigenvalue weighted by Gasteiger charge is -2.45. The van der Waals surface area contributed by atoms with Crippen molar-refractivity contribution in [1.82, 2.24) is 14.3 Å². The van der Waals surface area contributed by atoms with E-state index >= 15 is 0 Å². The van der Waals surface area contributed by atoms with Crippen molar-refractivity contribution in [2.24, 2.45) is 18.0 Å². The zero-order chi connectivity index (χ0) is 20.5. The molecule has 0 amide bonds. The van der Waals surface area contributed by atoms with Crippen LogP contribution in [0, 0.1) is 12.8 Å². The number of thiazole rings is 1. The highest BCUT2D eigenvalue weighted by Gasteiger charge is 2.53. The van der Waals surface area contributed by atoms with Crippen molar-refractivity contribution in [2.45, 2.75) is 32.5 Å². The second-order valence-electron chi connectivity index (χ2n) is 7.75. The van der Waals surface area contributed by atoms with Gasteiger partial charge in [0.2, 0.25) is 5.72 Å². The van der Waals surface area contributed by atoms with E-state index in [9.17, 15) is 9.59 Å². The monoisotopic (exact) mass is 408 g/mol. The molecule has 0 fully saturated rings. The van der Waals surface area contributed by atoms with Crippen LogP contribution >= 0.6 is 11.3 Å².